The van der Waals surface area contributed by atoms with Crippen molar-refractivity contribution < 1.29 is 5.11 Å². The largest absolute Gasteiger partial charge is 0.396 e. The number of likely N-dealkylation sites (tertiary alicyclic amines) is 2. The van der Waals surface area contributed by atoms with Crippen LogP contribution < -0.4 is 0 Å². The van der Waals surface area contributed by atoms with Crippen LogP contribution in [0.1, 0.15) is 37.2 Å². The number of nitrogens with zero attached hydrogens (tertiary/aromatic N) is 3. The van der Waals surface area contributed by atoms with Crippen LogP contribution in [-0.2, 0) is 6.54 Å². The van der Waals surface area contributed by atoms with Gasteiger partial charge in [-0.1, -0.05) is 0 Å². The molecule has 5 nitrogen and oxygen atoms in total. The lowest BCUT2D eigenvalue weighted by Crippen LogP contribution is -2.47. The fourth-order valence-corrected chi connectivity index (χ4v) is 3.76. The molecule has 2 N–H and O–H groups in total. The summed E-state index contributed by atoms with van der Waals surface area (Å²) in [5.41, 5.74) is 1.33. The molecule has 0 saturated carbocycles. The Morgan fingerprint density at radius 3 is 2.48 bits per heavy atom. The van der Waals surface area contributed by atoms with E-state index in [0.29, 0.717) is 6.61 Å². The van der Waals surface area contributed by atoms with Gasteiger partial charge in [-0.25, -0.2) is 4.98 Å². The average Bonchev–Trinajstić information content (AvgIpc) is 3.13. The van der Waals surface area contributed by atoms with Gasteiger partial charge in [-0.3, -0.25) is 4.90 Å². The SMILES string of the molecule is Cc1ncc(CN2CCC(CO)(CN3CCCC3)CC2)[nH]1. The summed E-state index contributed by atoms with van der Waals surface area (Å²) in [6, 6.07) is 0. The first-order valence-electron chi connectivity index (χ1n) is 8.25. The standard InChI is InChI=1S/C16H28N4O/c1-14-17-10-15(18-14)11-19-8-4-16(13-21,5-9-19)12-20-6-2-3-7-20/h10,21H,2-9,11-13H2,1H3,(H,17,18). The van der Waals surface area contributed by atoms with Crippen molar-refractivity contribution in [3.8, 4) is 0 Å². The first-order chi connectivity index (χ1) is 10.2. The summed E-state index contributed by atoms with van der Waals surface area (Å²) < 4.78 is 0. The summed E-state index contributed by atoms with van der Waals surface area (Å²) in [6.07, 6.45) is 6.80. The Labute approximate surface area is 127 Å². The van der Waals surface area contributed by atoms with Gasteiger partial charge in [0.05, 0.1) is 6.61 Å². The third kappa shape index (κ3) is 3.65. The fourth-order valence-electron chi connectivity index (χ4n) is 3.76. The number of aliphatic hydroxyl groups is 1. The maximum atomic E-state index is 9.92. The molecule has 2 fully saturated rings. The number of aliphatic hydroxyl groups excluding tert-OH is 1. The van der Waals surface area contributed by atoms with Gasteiger partial charge in [0.15, 0.2) is 0 Å². The van der Waals surface area contributed by atoms with Crippen molar-refractivity contribution >= 4 is 0 Å². The molecule has 2 aliphatic heterocycles. The number of aromatic nitrogens is 2. The number of piperidine rings is 1. The molecule has 0 unspecified atom stereocenters. The molecule has 1 aromatic heterocycles. The second-order valence-corrected chi connectivity index (χ2v) is 6.91. The normalized spacial score (nSPS) is 23.7. The van der Waals surface area contributed by atoms with Crippen molar-refractivity contribution in [2.24, 2.45) is 5.41 Å². The van der Waals surface area contributed by atoms with Crippen LogP contribution in [0.5, 0.6) is 0 Å². The highest BCUT2D eigenvalue weighted by Crippen LogP contribution is 2.33. The number of aromatic amines is 1. The Bertz CT molecular complexity index is 445. The van der Waals surface area contributed by atoms with Crippen molar-refractivity contribution in [3.05, 3.63) is 17.7 Å². The zero-order valence-electron chi connectivity index (χ0n) is 13.1. The molecule has 0 aromatic carbocycles. The van der Waals surface area contributed by atoms with Gasteiger partial charge in [-0.05, 0) is 58.8 Å². The van der Waals surface area contributed by atoms with Crippen LogP contribution in [0.2, 0.25) is 0 Å². The topological polar surface area (TPSA) is 55.4 Å². The summed E-state index contributed by atoms with van der Waals surface area (Å²) >= 11 is 0. The third-order valence-electron chi connectivity index (χ3n) is 5.16. The minimum atomic E-state index is 0.130. The van der Waals surface area contributed by atoms with Crippen molar-refractivity contribution in [1.82, 2.24) is 19.8 Å². The molecule has 0 radical (unpaired) electrons. The predicted molar refractivity (Wildman–Crippen MR) is 83.0 cm³/mol. The molecule has 3 rings (SSSR count). The maximum absolute atomic E-state index is 9.92. The van der Waals surface area contributed by atoms with Crippen LogP contribution in [0.25, 0.3) is 0 Å². The van der Waals surface area contributed by atoms with Crippen LogP contribution in [0.3, 0.4) is 0 Å². The van der Waals surface area contributed by atoms with Gasteiger partial charge in [-0.2, -0.15) is 0 Å². The highest BCUT2D eigenvalue weighted by Gasteiger charge is 2.36. The second-order valence-electron chi connectivity index (χ2n) is 6.91. The molecule has 2 aliphatic rings. The molecule has 1 aromatic rings. The van der Waals surface area contributed by atoms with Crippen molar-refractivity contribution in [2.75, 3.05) is 39.3 Å². The lowest BCUT2D eigenvalue weighted by Gasteiger charge is -2.42. The lowest BCUT2D eigenvalue weighted by molar-refractivity contribution is 0.0162. The van der Waals surface area contributed by atoms with E-state index >= 15 is 0 Å². The quantitative estimate of drug-likeness (QED) is 0.861. The Kier molecular flexibility index (Phi) is 4.62. The maximum Gasteiger partial charge on any atom is 0.103 e. The van der Waals surface area contributed by atoms with E-state index in [2.05, 4.69) is 19.8 Å². The van der Waals surface area contributed by atoms with Crippen LogP contribution in [0.4, 0.5) is 0 Å². The van der Waals surface area contributed by atoms with Gasteiger partial charge in [0.25, 0.3) is 0 Å². The van der Waals surface area contributed by atoms with E-state index < -0.39 is 0 Å². The summed E-state index contributed by atoms with van der Waals surface area (Å²) in [5, 5.41) is 9.92. The zero-order valence-corrected chi connectivity index (χ0v) is 13.1. The Balaban J connectivity index is 1.52. The molecular weight excluding hydrogens is 264 g/mol. The molecule has 0 aliphatic carbocycles. The number of nitrogens with one attached hydrogen (secondary N) is 1. The number of aryl methyl sites for hydroxylation is 1. The van der Waals surface area contributed by atoms with Crippen LogP contribution in [0, 0.1) is 12.3 Å². The molecule has 0 atom stereocenters. The first-order valence-corrected chi connectivity index (χ1v) is 8.25. The average molecular weight is 292 g/mol. The molecule has 5 heteroatoms. The van der Waals surface area contributed by atoms with Crippen molar-refractivity contribution in [1.29, 1.82) is 0 Å². The van der Waals surface area contributed by atoms with E-state index in [1.807, 2.05) is 13.1 Å². The lowest BCUT2D eigenvalue weighted by atomic mass is 9.78. The summed E-state index contributed by atoms with van der Waals surface area (Å²) in [4.78, 5) is 12.6. The van der Waals surface area contributed by atoms with Gasteiger partial charge < -0.3 is 15.0 Å². The van der Waals surface area contributed by atoms with Crippen LogP contribution in [0.15, 0.2) is 6.20 Å². The molecular formula is C16H28N4O. The minimum Gasteiger partial charge on any atom is -0.396 e. The number of imidazole rings is 1. The third-order valence-corrected chi connectivity index (χ3v) is 5.16. The van der Waals surface area contributed by atoms with E-state index in [1.54, 1.807) is 0 Å². The second kappa shape index (κ2) is 6.46. The molecule has 0 amide bonds. The monoisotopic (exact) mass is 292 g/mol. The van der Waals surface area contributed by atoms with E-state index in [9.17, 15) is 5.11 Å². The summed E-state index contributed by atoms with van der Waals surface area (Å²) in [5.74, 6) is 0.987. The number of rotatable bonds is 5. The first kappa shape index (κ1) is 15.0. The summed E-state index contributed by atoms with van der Waals surface area (Å²) in [7, 11) is 0. The Morgan fingerprint density at radius 2 is 1.90 bits per heavy atom. The van der Waals surface area contributed by atoms with E-state index in [-0.39, 0.29) is 5.41 Å². The number of H-pyrrole nitrogens is 1. The van der Waals surface area contributed by atoms with Crippen molar-refractivity contribution in [3.63, 3.8) is 0 Å². The number of hydrogen-bond donors (Lipinski definition) is 2. The molecule has 21 heavy (non-hydrogen) atoms. The number of hydrogen-bond acceptors (Lipinski definition) is 4. The molecule has 3 heterocycles. The van der Waals surface area contributed by atoms with Gasteiger partial charge in [0.2, 0.25) is 0 Å². The highest BCUT2D eigenvalue weighted by molar-refractivity contribution is 5.00. The van der Waals surface area contributed by atoms with E-state index in [4.69, 9.17) is 0 Å². The smallest absolute Gasteiger partial charge is 0.103 e. The Morgan fingerprint density at radius 1 is 1.19 bits per heavy atom. The van der Waals surface area contributed by atoms with E-state index in [1.165, 1.54) is 31.6 Å². The molecule has 2 saturated heterocycles. The van der Waals surface area contributed by atoms with E-state index in [0.717, 1.165) is 44.8 Å². The highest BCUT2D eigenvalue weighted by atomic mass is 16.3. The van der Waals surface area contributed by atoms with Crippen LogP contribution >= 0.6 is 0 Å². The van der Waals surface area contributed by atoms with Gasteiger partial charge in [0.1, 0.15) is 5.82 Å². The van der Waals surface area contributed by atoms with Crippen LogP contribution in [-0.4, -0.2) is 64.2 Å². The molecule has 0 bridgehead atoms. The Hall–Kier alpha value is -0.910. The van der Waals surface area contributed by atoms with Gasteiger partial charge in [-0.15, -0.1) is 0 Å². The van der Waals surface area contributed by atoms with Gasteiger partial charge in [0, 0.05) is 30.4 Å². The fraction of sp³-hybridized carbons (Fsp3) is 0.812. The minimum absolute atomic E-state index is 0.130. The zero-order chi connectivity index (χ0) is 14.7. The van der Waals surface area contributed by atoms with Crippen molar-refractivity contribution in [2.45, 2.75) is 39.2 Å². The predicted octanol–water partition coefficient (Wildman–Crippen LogP) is 1.39. The molecule has 118 valence electrons. The van der Waals surface area contributed by atoms with Gasteiger partial charge >= 0.3 is 0 Å². The summed E-state index contributed by atoms with van der Waals surface area (Å²) in [6.45, 7) is 8.95. The molecule has 0 spiro atoms.